The number of nitro groups is 1. The number of aromatic nitrogens is 1. The molecule has 1 N–H and O–H groups in total. The molecule has 1 heterocycles. The zero-order valence-electron chi connectivity index (χ0n) is 10.5. The van der Waals surface area contributed by atoms with E-state index < -0.39 is 15.0 Å². The van der Waals surface area contributed by atoms with Crippen LogP contribution in [0.5, 0.6) is 0 Å². The number of nitro benzene ring substituents is 1. The van der Waals surface area contributed by atoms with Crippen molar-refractivity contribution in [2.45, 2.75) is 13.0 Å². The Balaban J connectivity index is 2.24. The molecule has 0 aliphatic carbocycles. The Morgan fingerprint density at radius 1 is 1.30 bits per heavy atom. The Labute approximate surface area is 115 Å². The molecule has 7 nitrogen and oxygen atoms in total. The molecule has 0 saturated carbocycles. The molecular weight excluding hydrogens is 284 g/mol. The van der Waals surface area contributed by atoms with Crippen molar-refractivity contribution in [3.05, 3.63) is 46.8 Å². The van der Waals surface area contributed by atoms with Crippen molar-refractivity contribution in [1.82, 2.24) is 0 Å². The topological polar surface area (TPSA) is 101 Å². The van der Waals surface area contributed by atoms with E-state index in [1.165, 1.54) is 6.07 Å². The van der Waals surface area contributed by atoms with E-state index in [-0.39, 0.29) is 17.9 Å². The highest BCUT2D eigenvalue weighted by molar-refractivity contribution is 7.85. The molecule has 0 spiro atoms. The van der Waals surface area contributed by atoms with Gasteiger partial charge >= 0.3 is 0 Å². The summed E-state index contributed by atoms with van der Waals surface area (Å²) in [4.78, 5) is 10.4. The summed E-state index contributed by atoms with van der Waals surface area (Å²) < 4.78 is 31.6. The standard InChI is InChI=1S/C12H12N2O5S/c15-14(16)12-4-1-3-10-9-13(7-5-11(10)12)6-2-8-20(17,18)19/h1,3-5,7,9H,2,6,8H2/p+1. The van der Waals surface area contributed by atoms with Crippen LogP contribution >= 0.6 is 0 Å². The van der Waals surface area contributed by atoms with Crippen LogP contribution in [0.3, 0.4) is 0 Å². The molecule has 2 aromatic rings. The number of hydrogen-bond acceptors (Lipinski definition) is 4. The first kappa shape index (κ1) is 14.4. The van der Waals surface area contributed by atoms with Crippen LogP contribution in [-0.4, -0.2) is 23.6 Å². The number of non-ortho nitro benzene ring substituents is 1. The molecule has 20 heavy (non-hydrogen) atoms. The highest BCUT2D eigenvalue weighted by Gasteiger charge is 2.14. The van der Waals surface area contributed by atoms with Gasteiger partial charge in [0.2, 0.25) is 0 Å². The summed E-state index contributed by atoms with van der Waals surface area (Å²) in [6, 6.07) is 6.41. The lowest BCUT2D eigenvalue weighted by atomic mass is 10.1. The van der Waals surface area contributed by atoms with E-state index >= 15 is 0 Å². The molecule has 0 atom stereocenters. The molecule has 2 rings (SSSR count). The molecule has 0 aliphatic heterocycles. The number of aryl methyl sites for hydroxylation is 1. The largest absolute Gasteiger partial charge is 0.286 e. The summed E-state index contributed by atoms with van der Waals surface area (Å²) in [5, 5.41) is 12.1. The van der Waals surface area contributed by atoms with E-state index in [9.17, 15) is 18.5 Å². The highest BCUT2D eigenvalue weighted by Crippen LogP contribution is 2.23. The van der Waals surface area contributed by atoms with E-state index in [2.05, 4.69) is 0 Å². The van der Waals surface area contributed by atoms with Gasteiger partial charge < -0.3 is 0 Å². The molecule has 0 fully saturated rings. The van der Waals surface area contributed by atoms with Crippen LogP contribution in [0.25, 0.3) is 10.8 Å². The number of nitrogens with zero attached hydrogens (tertiary/aromatic N) is 2. The van der Waals surface area contributed by atoms with Crippen molar-refractivity contribution in [1.29, 1.82) is 0 Å². The number of pyridine rings is 1. The smallest absolute Gasteiger partial charge is 0.277 e. The van der Waals surface area contributed by atoms with Crippen LogP contribution in [-0.2, 0) is 16.7 Å². The predicted octanol–water partition coefficient (Wildman–Crippen LogP) is 1.31. The lowest BCUT2D eigenvalue weighted by molar-refractivity contribution is -0.695. The average Bonchev–Trinajstić information content (AvgIpc) is 2.36. The molecule has 1 aromatic heterocycles. The lowest BCUT2D eigenvalue weighted by Gasteiger charge is -2.00. The Bertz CT molecular complexity index is 758. The van der Waals surface area contributed by atoms with Crippen molar-refractivity contribution in [3.8, 4) is 0 Å². The number of hydrogen-bond donors (Lipinski definition) is 1. The third kappa shape index (κ3) is 3.49. The lowest BCUT2D eigenvalue weighted by Crippen LogP contribution is -2.33. The summed E-state index contributed by atoms with van der Waals surface area (Å²) in [6.07, 6.45) is 3.63. The van der Waals surface area contributed by atoms with Gasteiger partial charge in [0.15, 0.2) is 12.4 Å². The molecule has 1 aromatic carbocycles. The van der Waals surface area contributed by atoms with Gasteiger partial charge in [0.05, 0.1) is 21.4 Å². The van der Waals surface area contributed by atoms with Gasteiger partial charge in [-0.15, -0.1) is 0 Å². The minimum absolute atomic E-state index is 0.0348. The number of rotatable bonds is 5. The van der Waals surface area contributed by atoms with E-state index in [4.69, 9.17) is 4.55 Å². The molecule has 0 unspecified atom stereocenters. The summed E-state index contributed by atoms with van der Waals surface area (Å²) in [7, 11) is -3.96. The number of benzene rings is 1. The maximum absolute atomic E-state index is 10.9. The molecule has 0 amide bonds. The second kappa shape index (κ2) is 5.51. The molecule has 106 valence electrons. The average molecular weight is 297 g/mol. The van der Waals surface area contributed by atoms with E-state index in [1.54, 1.807) is 35.2 Å². The Hall–Kier alpha value is -2.06. The molecular formula is C12H13N2O5S+. The van der Waals surface area contributed by atoms with Crippen molar-refractivity contribution in [3.63, 3.8) is 0 Å². The van der Waals surface area contributed by atoms with Crippen LogP contribution in [0, 0.1) is 10.1 Å². The monoisotopic (exact) mass is 297 g/mol. The quantitative estimate of drug-likeness (QED) is 0.388. The fourth-order valence-electron chi connectivity index (χ4n) is 1.98. The van der Waals surface area contributed by atoms with Gasteiger partial charge in [-0.1, -0.05) is 6.07 Å². The van der Waals surface area contributed by atoms with Gasteiger partial charge in [0, 0.05) is 18.6 Å². The summed E-state index contributed by atoms with van der Waals surface area (Å²) in [6.45, 7) is 0.401. The van der Waals surface area contributed by atoms with Crippen molar-refractivity contribution >= 4 is 26.6 Å². The SMILES string of the molecule is O=[N+]([O-])c1cccc2c[n+](CCCS(=O)(=O)O)ccc12. The normalized spacial score (nSPS) is 11.7. The maximum atomic E-state index is 10.9. The zero-order valence-corrected chi connectivity index (χ0v) is 11.3. The van der Waals surface area contributed by atoms with Crippen molar-refractivity contribution in [2.24, 2.45) is 0 Å². The predicted molar refractivity (Wildman–Crippen MR) is 71.8 cm³/mol. The van der Waals surface area contributed by atoms with E-state index in [0.29, 0.717) is 17.3 Å². The van der Waals surface area contributed by atoms with Crippen LogP contribution in [0.4, 0.5) is 5.69 Å². The third-order valence-corrected chi connectivity index (χ3v) is 3.67. The first-order valence-corrected chi connectivity index (χ1v) is 7.49. The van der Waals surface area contributed by atoms with Crippen LogP contribution in [0.15, 0.2) is 36.7 Å². The van der Waals surface area contributed by atoms with E-state index in [1.807, 2.05) is 0 Å². The molecule has 0 bridgehead atoms. The minimum atomic E-state index is -3.96. The first-order valence-electron chi connectivity index (χ1n) is 5.88. The molecule has 0 radical (unpaired) electrons. The van der Waals surface area contributed by atoms with Gasteiger partial charge in [-0.05, 0) is 6.07 Å². The fraction of sp³-hybridized carbons (Fsp3) is 0.250. The van der Waals surface area contributed by atoms with Gasteiger partial charge in [-0.25, -0.2) is 4.57 Å². The van der Waals surface area contributed by atoms with Gasteiger partial charge in [0.25, 0.3) is 15.8 Å². The van der Waals surface area contributed by atoms with Crippen LogP contribution < -0.4 is 4.57 Å². The summed E-state index contributed by atoms with van der Waals surface area (Å²) in [5.74, 6) is -0.313. The summed E-state index contributed by atoms with van der Waals surface area (Å²) in [5.41, 5.74) is 0.0348. The molecule has 0 aliphatic rings. The molecule has 0 saturated heterocycles. The Kier molecular flexibility index (Phi) is 3.96. The van der Waals surface area contributed by atoms with Gasteiger partial charge in [-0.3, -0.25) is 14.7 Å². The Morgan fingerprint density at radius 3 is 2.70 bits per heavy atom. The second-order valence-electron chi connectivity index (χ2n) is 4.36. The van der Waals surface area contributed by atoms with Crippen molar-refractivity contribution in [2.75, 3.05) is 5.75 Å². The zero-order chi connectivity index (χ0) is 14.8. The van der Waals surface area contributed by atoms with Gasteiger partial charge in [-0.2, -0.15) is 8.42 Å². The second-order valence-corrected chi connectivity index (χ2v) is 5.93. The fourth-order valence-corrected chi connectivity index (χ4v) is 2.48. The highest BCUT2D eigenvalue weighted by atomic mass is 32.2. The number of fused-ring (bicyclic) bond motifs is 1. The van der Waals surface area contributed by atoms with E-state index in [0.717, 1.165) is 0 Å². The maximum Gasteiger partial charge on any atom is 0.277 e. The molecule has 8 heteroatoms. The van der Waals surface area contributed by atoms with Crippen molar-refractivity contribution < 1.29 is 22.5 Å². The van der Waals surface area contributed by atoms with Crippen LogP contribution in [0.1, 0.15) is 6.42 Å². The van der Waals surface area contributed by atoms with Crippen LogP contribution in [0.2, 0.25) is 0 Å². The minimum Gasteiger partial charge on any atom is -0.286 e. The summed E-state index contributed by atoms with van der Waals surface area (Å²) >= 11 is 0. The Morgan fingerprint density at radius 2 is 2.05 bits per heavy atom. The van der Waals surface area contributed by atoms with Gasteiger partial charge in [0.1, 0.15) is 6.54 Å². The third-order valence-electron chi connectivity index (χ3n) is 2.87. The first-order chi connectivity index (χ1) is 9.37.